The molecule has 20 heavy (non-hydrogen) atoms. The second kappa shape index (κ2) is 10.1. The first-order valence-corrected chi connectivity index (χ1v) is 6.68. The third-order valence-corrected chi connectivity index (χ3v) is 2.74. The number of rotatable bonds is 2. The maximum absolute atomic E-state index is 11.3. The van der Waals surface area contributed by atoms with Crippen molar-refractivity contribution in [3.63, 3.8) is 0 Å². The number of aromatic nitrogens is 1. The van der Waals surface area contributed by atoms with Crippen molar-refractivity contribution in [1.82, 2.24) is 10.3 Å². The van der Waals surface area contributed by atoms with Crippen LogP contribution in [0.4, 0.5) is 0 Å². The first kappa shape index (κ1) is 21.7. The van der Waals surface area contributed by atoms with Crippen LogP contribution in [0.5, 0.6) is 0 Å². The summed E-state index contributed by atoms with van der Waals surface area (Å²) >= 11 is 0. The molecule has 1 aromatic heterocycles. The van der Waals surface area contributed by atoms with Crippen molar-refractivity contribution in [2.24, 2.45) is 0 Å². The molecule has 0 spiro atoms. The monoisotopic (exact) mass is 320 g/mol. The predicted molar refractivity (Wildman–Crippen MR) is 66.3 cm³/mol. The molecule has 7 nitrogen and oxygen atoms in total. The Labute approximate surface area is 160 Å². The van der Waals surface area contributed by atoms with Gasteiger partial charge in [0.2, 0.25) is 5.91 Å². The summed E-state index contributed by atoms with van der Waals surface area (Å²) in [4.78, 5) is 23.5. The molecule has 1 heterocycles. The molecular weight excluding hydrogens is 309 g/mol. The predicted octanol–water partition coefficient (Wildman–Crippen LogP) is -3.00. The largest absolute Gasteiger partial charge is 1.00 e. The van der Waals surface area contributed by atoms with Crippen LogP contribution in [0.25, 0.3) is 0 Å². The molecule has 0 bridgehead atoms. The summed E-state index contributed by atoms with van der Waals surface area (Å²) in [7, 11) is -0.501. The van der Waals surface area contributed by atoms with Gasteiger partial charge in [0.05, 0.1) is 5.56 Å². The van der Waals surface area contributed by atoms with Gasteiger partial charge in [-0.2, -0.15) is 12.2 Å². The SMILES string of the molecule is C[C-]=O.[CH2-]NC(=O)c1ccc(C#N)c(S(C)(=O)=O)n1.[K+]. The molecule has 9 heteroatoms. The number of hydrogen-bond donors (Lipinski definition) is 1. The summed E-state index contributed by atoms with van der Waals surface area (Å²) in [6.07, 6.45) is 2.42. The molecule has 1 aromatic rings. The van der Waals surface area contributed by atoms with Gasteiger partial charge in [0, 0.05) is 6.26 Å². The summed E-state index contributed by atoms with van der Waals surface area (Å²) in [6.45, 7) is 1.32. The van der Waals surface area contributed by atoms with Crippen LogP contribution in [0.3, 0.4) is 0 Å². The Kier molecular flexibility index (Phi) is 11.0. The van der Waals surface area contributed by atoms with Crippen LogP contribution in [-0.4, -0.2) is 31.9 Å². The molecule has 0 aliphatic heterocycles. The van der Waals surface area contributed by atoms with E-state index in [0.717, 1.165) is 6.26 Å². The number of nitriles is 1. The van der Waals surface area contributed by atoms with Crippen molar-refractivity contribution >= 4 is 22.0 Å². The third-order valence-electron chi connectivity index (χ3n) is 1.73. The van der Waals surface area contributed by atoms with E-state index < -0.39 is 20.8 Å². The topological polar surface area (TPSA) is 117 Å². The van der Waals surface area contributed by atoms with E-state index in [1.807, 2.05) is 0 Å². The van der Waals surface area contributed by atoms with Crippen molar-refractivity contribution < 1.29 is 69.4 Å². The standard InChI is InChI=1S/C9H8N3O3S.C2H3O.K/c1-11-8(13)7-4-3-6(5-10)9(12-7)16(2,14)15;1-2-3;/h3-4H,1H2,2H3,(H,11,13);1H3;/q2*-1;+1. The molecule has 1 amide bonds. The Morgan fingerprint density at radius 3 is 2.35 bits per heavy atom. The Morgan fingerprint density at radius 1 is 1.50 bits per heavy atom. The maximum Gasteiger partial charge on any atom is 1.00 e. The molecule has 0 saturated heterocycles. The molecule has 1 N–H and O–H groups in total. The number of hydrogen-bond acceptors (Lipinski definition) is 6. The fraction of sp³-hybridized carbons (Fsp3) is 0.182. The normalized spacial score (nSPS) is 9.10. The first-order chi connectivity index (χ1) is 8.81. The zero-order valence-corrected chi connectivity index (χ0v) is 15.2. The summed E-state index contributed by atoms with van der Waals surface area (Å²) in [5, 5.41) is 10.4. The van der Waals surface area contributed by atoms with E-state index in [0.29, 0.717) is 0 Å². The fourth-order valence-corrected chi connectivity index (χ4v) is 1.80. The van der Waals surface area contributed by atoms with Crippen LogP contribution in [0.1, 0.15) is 23.0 Å². The Balaban J connectivity index is 0. The second-order valence-electron chi connectivity index (χ2n) is 3.14. The van der Waals surface area contributed by atoms with Crippen LogP contribution >= 0.6 is 0 Å². The van der Waals surface area contributed by atoms with Gasteiger partial charge in [-0.15, -0.1) is 0 Å². The fourth-order valence-electron chi connectivity index (χ4n) is 1.03. The van der Waals surface area contributed by atoms with E-state index in [4.69, 9.17) is 10.1 Å². The maximum atomic E-state index is 11.3. The van der Waals surface area contributed by atoms with Crippen molar-refractivity contribution in [2.75, 3.05) is 6.26 Å². The van der Waals surface area contributed by atoms with Crippen molar-refractivity contribution in [3.8, 4) is 6.07 Å². The summed E-state index contributed by atoms with van der Waals surface area (Å²) in [5.74, 6) is -0.616. The molecule has 0 saturated carbocycles. The quantitative estimate of drug-likeness (QED) is 0.458. The molecule has 0 aliphatic carbocycles. The Bertz CT molecular complexity index is 623. The number of nitrogens with one attached hydrogen (secondary N) is 1. The Morgan fingerprint density at radius 2 is 2.00 bits per heavy atom. The number of sulfone groups is 1. The van der Waals surface area contributed by atoms with Crippen molar-refractivity contribution in [2.45, 2.75) is 11.9 Å². The van der Waals surface area contributed by atoms with E-state index in [2.05, 4.69) is 17.3 Å². The van der Waals surface area contributed by atoms with Crippen molar-refractivity contribution in [1.29, 1.82) is 5.26 Å². The Hall–Kier alpha value is -0.634. The van der Waals surface area contributed by atoms with Gasteiger partial charge in [-0.25, -0.2) is 13.4 Å². The number of carbonyl (C=O) groups excluding carboxylic acids is 2. The number of nitrogens with zero attached hydrogens (tertiary/aromatic N) is 2. The summed E-state index contributed by atoms with van der Waals surface area (Å²) < 4.78 is 22.6. The van der Waals surface area contributed by atoms with Gasteiger partial charge in [0.25, 0.3) is 0 Å². The molecule has 0 aromatic carbocycles. The van der Waals surface area contributed by atoms with Crippen molar-refractivity contribution in [3.05, 3.63) is 30.4 Å². The molecule has 0 fully saturated rings. The van der Waals surface area contributed by atoms with Crippen LogP contribution in [0.2, 0.25) is 0 Å². The minimum atomic E-state index is -3.64. The molecule has 0 radical (unpaired) electrons. The second-order valence-corrected chi connectivity index (χ2v) is 5.07. The third kappa shape index (κ3) is 6.69. The van der Waals surface area contributed by atoms with Gasteiger partial charge in [0.1, 0.15) is 11.8 Å². The molecule has 0 aliphatic rings. The van der Waals surface area contributed by atoms with E-state index in [-0.39, 0.29) is 62.6 Å². The molecule has 102 valence electrons. The zero-order valence-electron chi connectivity index (χ0n) is 11.3. The number of pyridine rings is 1. The van der Waals surface area contributed by atoms with Gasteiger partial charge < -0.3 is 10.1 Å². The molecular formula is C11H11KN3O4S-. The van der Waals surface area contributed by atoms with E-state index in [1.54, 1.807) is 6.07 Å². The smallest absolute Gasteiger partial charge is 0.542 e. The number of amides is 1. The molecule has 0 unspecified atom stereocenters. The summed E-state index contributed by atoms with van der Waals surface area (Å²) in [5.41, 5.74) is -0.197. The van der Waals surface area contributed by atoms with Crippen LogP contribution in [0, 0.1) is 18.4 Å². The molecule has 1 rings (SSSR count). The van der Waals surface area contributed by atoms with Gasteiger partial charge >= 0.3 is 51.4 Å². The van der Waals surface area contributed by atoms with Crippen LogP contribution in [0.15, 0.2) is 17.2 Å². The van der Waals surface area contributed by atoms with Crippen LogP contribution in [-0.2, 0) is 14.6 Å². The number of carbonyl (C=O) groups is 1. The summed E-state index contributed by atoms with van der Waals surface area (Å²) in [6, 6.07) is 4.19. The van der Waals surface area contributed by atoms with E-state index >= 15 is 0 Å². The zero-order chi connectivity index (χ0) is 15.1. The molecule has 0 atom stereocenters. The first-order valence-electron chi connectivity index (χ1n) is 4.79. The van der Waals surface area contributed by atoms with Gasteiger partial charge in [-0.3, -0.25) is 18.1 Å². The van der Waals surface area contributed by atoms with Crippen LogP contribution < -0.4 is 56.7 Å². The van der Waals surface area contributed by atoms with E-state index in [1.165, 1.54) is 25.3 Å². The van der Waals surface area contributed by atoms with Gasteiger partial charge in [-0.1, -0.05) is 0 Å². The minimum absolute atomic E-state index is 0. The average Bonchev–Trinajstić information content (AvgIpc) is 2.37. The van der Waals surface area contributed by atoms with Gasteiger partial charge in [0.15, 0.2) is 14.9 Å². The van der Waals surface area contributed by atoms with E-state index in [9.17, 15) is 13.2 Å². The minimum Gasteiger partial charge on any atom is -0.542 e. The van der Waals surface area contributed by atoms with Gasteiger partial charge in [-0.05, 0) is 12.1 Å². The average molecular weight is 320 g/mol.